The fraction of sp³-hybridized carbons (Fsp3) is 0.647. The van der Waals surface area contributed by atoms with Crippen molar-refractivity contribution in [1.29, 1.82) is 0 Å². The van der Waals surface area contributed by atoms with Crippen LogP contribution in [0.25, 0.3) is 0 Å². The maximum Gasteiger partial charge on any atom is 0.129 e. The first kappa shape index (κ1) is 15.5. The third-order valence-corrected chi connectivity index (χ3v) is 4.59. The number of halogens is 1. The molecule has 1 aromatic carbocycles. The number of benzene rings is 1. The molecule has 0 aromatic heterocycles. The molecule has 20 heavy (non-hydrogen) atoms. The summed E-state index contributed by atoms with van der Waals surface area (Å²) in [5, 5.41) is 3.59. The third-order valence-electron chi connectivity index (χ3n) is 4.59. The van der Waals surface area contributed by atoms with E-state index in [9.17, 15) is 4.39 Å². The summed E-state index contributed by atoms with van der Waals surface area (Å²) in [6.07, 6.45) is 1.40. The van der Waals surface area contributed by atoms with Crippen molar-refractivity contribution in [3.05, 3.63) is 34.6 Å². The Morgan fingerprint density at radius 1 is 1.30 bits per heavy atom. The van der Waals surface area contributed by atoms with Gasteiger partial charge in [-0.2, -0.15) is 0 Å². The lowest BCUT2D eigenvalue weighted by Crippen LogP contribution is -2.60. The van der Waals surface area contributed by atoms with Crippen molar-refractivity contribution in [2.75, 3.05) is 6.61 Å². The molecule has 0 saturated heterocycles. The molecule has 1 aliphatic rings. The Labute approximate surface area is 121 Å². The average Bonchev–Trinajstić information content (AvgIpc) is 2.39. The molecule has 0 spiro atoms. The molecule has 0 radical (unpaired) electrons. The smallest absolute Gasteiger partial charge is 0.129 e. The van der Waals surface area contributed by atoms with E-state index in [1.807, 2.05) is 32.9 Å². The Bertz CT molecular complexity index is 461. The summed E-state index contributed by atoms with van der Waals surface area (Å²) in [5.41, 5.74) is 2.76. The van der Waals surface area contributed by atoms with Crippen molar-refractivity contribution >= 4 is 0 Å². The number of hydrogen-bond donors (Lipinski definition) is 1. The first-order chi connectivity index (χ1) is 9.36. The molecule has 1 saturated carbocycles. The number of rotatable bonds is 5. The van der Waals surface area contributed by atoms with Crippen LogP contribution in [0.3, 0.4) is 0 Å². The third kappa shape index (κ3) is 2.89. The molecule has 1 aliphatic carbocycles. The van der Waals surface area contributed by atoms with Gasteiger partial charge in [0.2, 0.25) is 0 Å². The minimum absolute atomic E-state index is 0.0888. The molecule has 3 heteroatoms. The fourth-order valence-corrected chi connectivity index (χ4v) is 3.09. The van der Waals surface area contributed by atoms with Gasteiger partial charge in [0, 0.05) is 24.6 Å². The number of aryl methyl sites for hydroxylation is 2. The van der Waals surface area contributed by atoms with Crippen LogP contribution in [0.2, 0.25) is 0 Å². The molecule has 0 bridgehead atoms. The quantitative estimate of drug-likeness (QED) is 0.886. The fourth-order valence-electron chi connectivity index (χ4n) is 3.09. The van der Waals surface area contributed by atoms with Gasteiger partial charge in [0.25, 0.3) is 0 Å². The highest BCUT2D eigenvalue weighted by molar-refractivity contribution is 5.30. The lowest BCUT2D eigenvalue weighted by molar-refractivity contribution is -0.114. The summed E-state index contributed by atoms with van der Waals surface area (Å²) < 4.78 is 19.3. The molecule has 2 unspecified atom stereocenters. The number of nitrogens with one attached hydrogen (secondary N) is 1. The maximum absolute atomic E-state index is 13.6. The molecule has 2 rings (SSSR count). The van der Waals surface area contributed by atoms with Crippen molar-refractivity contribution in [3.63, 3.8) is 0 Å². The molecule has 1 N–H and O–H groups in total. The van der Waals surface area contributed by atoms with E-state index >= 15 is 0 Å². The Hall–Kier alpha value is -0.930. The van der Waals surface area contributed by atoms with Crippen molar-refractivity contribution in [2.24, 2.45) is 5.41 Å². The van der Waals surface area contributed by atoms with E-state index in [-0.39, 0.29) is 11.2 Å². The van der Waals surface area contributed by atoms with Crippen LogP contribution in [0.1, 0.15) is 43.9 Å². The minimum atomic E-state index is -0.0888. The van der Waals surface area contributed by atoms with Crippen LogP contribution < -0.4 is 5.32 Å². The lowest BCUT2D eigenvalue weighted by Gasteiger charge is -2.52. The van der Waals surface area contributed by atoms with Gasteiger partial charge in [-0.05, 0) is 43.9 Å². The van der Waals surface area contributed by atoms with E-state index in [1.165, 1.54) is 0 Å². The highest BCUT2D eigenvalue weighted by atomic mass is 19.1. The SMILES string of the molecule is CCOC1CC(NCc2cc(C)c(F)c(C)c2)C1(C)C. The molecule has 1 aromatic rings. The standard InChI is InChI=1S/C17H26FNO/c1-6-20-15-9-14(17(15,4)5)19-10-13-7-11(2)16(18)12(3)8-13/h7-8,14-15,19H,6,9-10H2,1-5H3. The molecule has 1 fully saturated rings. The summed E-state index contributed by atoms with van der Waals surface area (Å²) >= 11 is 0. The predicted octanol–water partition coefficient (Wildman–Crippen LogP) is 3.74. The van der Waals surface area contributed by atoms with E-state index in [0.29, 0.717) is 12.1 Å². The van der Waals surface area contributed by atoms with E-state index < -0.39 is 0 Å². The second-order valence-corrected chi connectivity index (χ2v) is 6.48. The summed E-state index contributed by atoms with van der Waals surface area (Å²) in [6, 6.07) is 4.33. The predicted molar refractivity (Wildman–Crippen MR) is 80.3 cm³/mol. The van der Waals surface area contributed by atoms with Gasteiger partial charge >= 0.3 is 0 Å². The van der Waals surface area contributed by atoms with Gasteiger partial charge in [-0.25, -0.2) is 4.39 Å². The Balaban J connectivity index is 1.94. The van der Waals surface area contributed by atoms with E-state index in [4.69, 9.17) is 4.74 Å². The first-order valence-electron chi connectivity index (χ1n) is 7.46. The van der Waals surface area contributed by atoms with E-state index in [0.717, 1.165) is 36.3 Å². The van der Waals surface area contributed by atoms with Gasteiger partial charge in [-0.1, -0.05) is 26.0 Å². The van der Waals surface area contributed by atoms with Crippen LogP contribution in [0.15, 0.2) is 12.1 Å². The lowest BCUT2D eigenvalue weighted by atomic mass is 9.64. The topological polar surface area (TPSA) is 21.3 Å². The van der Waals surface area contributed by atoms with Crippen LogP contribution in [0.4, 0.5) is 4.39 Å². The summed E-state index contributed by atoms with van der Waals surface area (Å²) in [6.45, 7) is 11.7. The average molecular weight is 279 g/mol. The van der Waals surface area contributed by atoms with Gasteiger partial charge < -0.3 is 10.1 Å². The second kappa shape index (κ2) is 5.82. The molecular formula is C17H26FNO. The zero-order chi connectivity index (χ0) is 14.9. The molecule has 2 atom stereocenters. The Morgan fingerprint density at radius 2 is 1.90 bits per heavy atom. The zero-order valence-corrected chi connectivity index (χ0v) is 13.2. The van der Waals surface area contributed by atoms with Crippen molar-refractivity contribution in [3.8, 4) is 0 Å². The molecule has 0 aliphatic heterocycles. The van der Waals surface area contributed by atoms with Crippen LogP contribution in [-0.2, 0) is 11.3 Å². The summed E-state index contributed by atoms with van der Waals surface area (Å²) in [5.74, 6) is -0.0888. The minimum Gasteiger partial charge on any atom is -0.378 e. The van der Waals surface area contributed by atoms with Gasteiger partial charge in [0.15, 0.2) is 0 Å². The van der Waals surface area contributed by atoms with Crippen LogP contribution >= 0.6 is 0 Å². The second-order valence-electron chi connectivity index (χ2n) is 6.48. The van der Waals surface area contributed by atoms with Gasteiger partial charge in [0.1, 0.15) is 5.82 Å². The van der Waals surface area contributed by atoms with Crippen molar-refractivity contribution in [2.45, 2.75) is 59.7 Å². The van der Waals surface area contributed by atoms with Gasteiger partial charge in [0.05, 0.1) is 6.10 Å². The van der Waals surface area contributed by atoms with E-state index in [1.54, 1.807) is 0 Å². The van der Waals surface area contributed by atoms with Crippen LogP contribution in [0.5, 0.6) is 0 Å². The molecular weight excluding hydrogens is 253 g/mol. The highest BCUT2D eigenvalue weighted by Crippen LogP contribution is 2.42. The first-order valence-corrected chi connectivity index (χ1v) is 7.46. The maximum atomic E-state index is 13.6. The molecule has 0 heterocycles. The van der Waals surface area contributed by atoms with Gasteiger partial charge in [-0.15, -0.1) is 0 Å². The van der Waals surface area contributed by atoms with Gasteiger partial charge in [-0.3, -0.25) is 0 Å². The highest BCUT2D eigenvalue weighted by Gasteiger charge is 2.48. The monoisotopic (exact) mass is 279 g/mol. The summed E-state index contributed by atoms with van der Waals surface area (Å²) in [7, 11) is 0. The Kier molecular flexibility index (Phi) is 4.50. The van der Waals surface area contributed by atoms with E-state index in [2.05, 4.69) is 19.2 Å². The van der Waals surface area contributed by atoms with Crippen LogP contribution in [-0.4, -0.2) is 18.8 Å². The molecule has 0 amide bonds. The van der Waals surface area contributed by atoms with Crippen molar-refractivity contribution < 1.29 is 9.13 Å². The largest absolute Gasteiger partial charge is 0.378 e. The van der Waals surface area contributed by atoms with Crippen LogP contribution in [0, 0.1) is 25.1 Å². The molecule has 112 valence electrons. The number of ether oxygens (including phenoxy) is 1. The zero-order valence-electron chi connectivity index (χ0n) is 13.2. The number of hydrogen-bond acceptors (Lipinski definition) is 2. The molecule has 2 nitrogen and oxygen atoms in total. The van der Waals surface area contributed by atoms with Crippen molar-refractivity contribution in [1.82, 2.24) is 5.32 Å². The Morgan fingerprint density at radius 3 is 2.40 bits per heavy atom. The normalized spacial score (nSPS) is 24.5. The summed E-state index contributed by atoms with van der Waals surface area (Å²) in [4.78, 5) is 0.